The smallest absolute Gasteiger partial charge is 0.265 e. The number of nitriles is 1. The monoisotopic (exact) mass is 384 g/mol. The van der Waals surface area contributed by atoms with E-state index in [1.807, 2.05) is 6.07 Å². The van der Waals surface area contributed by atoms with Crippen molar-refractivity contribution < 1.29 is 8.42 Å². The van der Waals surface area contributed by atoms with E-state index in [9.17, 15) is 8.42 Å². The highest BCUT2D eigenvalue weighted by molar-refractivity contribution is 9.10. The van der Waals surface area contributed by atoms with Crippen molar-refractivity contribution in [2.75, 3.05) is 11.4 Å². The Kier molecular flexibility index (Phi) is 4.57. The van der Waals surface area contributed by atoms with Crippen molar-refractivity contribution in [2.45, 2.75) is 4.90 Å². The maximum atomic E-state index is 12.6. The summed E-state index contributed by atoms with van der Waals surface area (Å²) in [6.45, 7) is 0. The standard InChI is InChI=1S/C14H10BrClN2O2S/c1-18(13-5-3-2-4-10(13)9-17)21(19,20)14-7-6-11(15)8-12(14)16/h2-8H,1H3. The fourth-order valence-corrected chi connectivity index (χ4v) is 4.03. The molecule has 2 aromatic rings. The first kappa shape index (κ1) is 15.8. The van der Waals surface area contributed by atoms with Crippen LogP contribution in [0.2, 0.25) is 5.02 Å². The van der Waals surface area contributed by atoms with Gasteiger partial charge in [-0.15, -0.1) is 0 Å². The van der Waals surface area contributed by atoms with Crippen LogP contribution in [0.4, 0.5) is 5.69 Å². The molecule has 0 saturated carbocycles. The van der Waals surface area contributed by atoms with Crippen LogP contribution in [-0.4, -0.2) is 15.5 Å². The Morgan fingerprint density at radius 3 is 2.52 bits per heavy atom. The molecule has 0 atom stereocenters. The molecule has 0 aliphatic rings. The largest absolute Gasteiger partial charge is 0.268 e. The molecule has 2 aromatic carbocycles. The molecule has 0 saturated heterocycles. The maximum Gasteiger partial charge on any atom is 0.265 e. The molecular weight excluding hydrogens is 376 g/mol. The zero-order valence-electron chi connectivity index (χ0n) is 10.9. The Balaban J connectivity index is 2.56. The van der Waals surface area contributed by atoms with E-state index in [1.165, 1.54) is 19.2 Å². The quantitative estimate of drug-likeness (QED) is 0.807. The van der Waals surface area contributed by atoms with Gasteiger partial charge < -0.3 is 0 Å². The van der Waals surface area contributed by atoms with Crippen molar-refractivity contribution >= 4 is 43.2 Å². The van der Waals surface area contributed by atoms with Crippen molar-refractivity contribution in [3.8, 4) is 6.07 Å². The molecule has 21 heavy (non-hydrogen) atoms. The third-order valence-electron chi connectivity index (χ3n) is 2.90. The van der Waals surface area contributed by atoms with Gasteiger partial charge in [0.15, 0.2) is 0 Å². The third-order valence-corrected chi connectivity index (χ3v) is 5.64. The van der Waals surface area contributed by atoms with Gasteiger partial charge in [0, 0.05) is 11.5 Å². The van der Waals surface area contributed by atoms with Gasteiger partial charge in [-0.3, -0.25) is 4.31 Å². The predicted octanol–water partition coefficient (Wildman–Crippen LogP) is 3.80. The van der Waals surface area contributed by atoms with E-state index in [-0.39, 0.29) is 15.5 Å². The van der Waals surface area contributed by atoms with Crippen LogP contribution in [0.1, 0.15) is 5.56 Å². The molecule has 0 N–H and O–H groups in total. The lowest BCUT2D eigenvalue weighted by Gasteiger charge is -2.21. The average molecular weight is 386 g/mol. The van der Waals surface area contributed by atoms with Gasteiger partial charge in [0.2, 0.25) is 0 Å². The fraction of sp³-hybridized carbons (Fsp3) is 0.0714. The van der Waals surface area contributed by atoms with Crippen molar-refractivity contribution in [2.24, 2.45) is 0 Å². The number of nitrogens with zero attached hydrogens (tertiary/aromatic N) is 2. The fourth-order valence-electron chi connectivity index (χ4n) is 1.80. The average Bonchev–Trinajstić information content (AvgIpc) is 2.46. The van der Waals surface area contributed by atoms with E-state index in [2.05, 4.69) is 15.9 Å². The molecule has 0 amide bonds. The molecule has 0 aromatic heterocycles. The normalized spacial score (nSPS) is 11.0. The number of halogens is 2. The molecule has 0 bridgehead atoms. The zero-order chi connectivity index (χ0) is 15.6. The van der Waals surface area contributed by atoms with Crippen LogP contribution in [0.25, 0.3) is 0 Å². The minimum atomic E-state index is -3.84. The molecule has 108 valence electrons. The van der Waals surface area contributed by atoms with Gasteiger partial charge in [-0.2, -0.15) is 5.26 Å². The molecule has 2 rings (SSSR count). The highest BCUT2D eigenvalue weighted by Crippen LogP contribution is 2.30. The lowest BCUT2D eigenvalue weighted by molar-refractivity contribution is 0.594. The number of anilines is 1. The van der Waals surface area contributed by atoms with E-state index in [1.54, 1.807) is 30.3 Å². The summed E-state index contributed by atoms with van der Waals surface area (Å²) in [6.07, 6.45) is 0. The summed E-state index contributed by atoms with van der Waals surface area (Å²) in [5.41, 5.74) is 0.579. The molecule has 4 nitrogen and oxygen atoms in total. The number of benzene rings is 2. The lowest BCUT2D eigenvalue weighted by atomic mass is 10.2. The van der Waals surface area contributed by atoms with Gasteiger partial charge in [0.05, 0.1) is 16.3 Å². The number of sulfonamides is 1. The zero-order valence-corrected chi connectivity index (χ0v) is 14.1. The summed E-state index contributed by atoms with van der Waals surface area (Å²) in [5.74, 6) is 0. The Bertz CT molecular complexity index is 831. The van der Waals surface area contributed by atoms with Gasteiger partial charge in [-0.1, -0.05) is 39.7 Å². The number of para-hydroxylation sites is 1. The first-order chi connectivity index (χ1) is 9.87. The van der Waals surface area contributed by atoms with Crippen LogP contribution in [0, 0.1) is 11.3 Å². The minimum absolute atomic E-state index is 0.0115. The van der Waals surface area contributed by atoms with E-state index in [0.29, 0.717) is 10.2 Å². The number of rotatable bonds is 3. The minimum Gasteiger partial charge on any atom is -0.268 e. The van der Waals surface area contributed by atoms with E-state index in [4.69, 9.17) is 16.9 Å². The maximum absolute atomic E-state index is 12.6. The van der Waals surface area contributed by atoms with Gasteiger partial charge in [0.1, 0.15) is 11.0 Å². The molecule has 0 radical (unpaired) electrons. The molecule has 0 spiro atoms. The lowest BCUT2D eigenvalue weighted by Crippen LogP contribution is -2.27. The van der Waals surface area contributed by atoms with Crippen molar-refractivity contribution in [1.29, 1.82) is 5.26 Å². The van der Waals surface area contributed by atoms with Gasteiger partial charge >= 0.3 is 0 Å². The second kappa shape index (κ2) is 6.06. The van der Waals surface area contributed by atoms with Crippen LogP contribution >= 0.6 is 27.5 Å². The molecule has 0 heterocycles. The molecule has 0 aliphatic heterocycles. The van der Waals surface area contributed by atoms with Crippen molar-refractivity contribution in [1.82, 2.24) is 0 Å². The van der Waals surface area contributed by atoms with Crippen LogP contribution in [0.15, 0.2) is 51.8 Å². The van der Waals surface area contributed by atoms with Crippen LogP contribution in [0.3, 0.4) is 0 Å². The van der Waals surface area contributed by atoms with E-state index < -0.39 is 10.0 Å². The second-order valence-electron chi connectivity index (χ2n) is 4.18. The Morgan fingerprint density at radius 2 is 1.90 bits per heavy atom. The Labute approximate surface area is 136 Å². The first-order valence-electron chi connectivity index (χ1n) is 5.81. The summed E-state index contributed by atoms with van der Waals surface area (Å²) in [7, 11) is -2.45. The van der Waals surface area contributed by atoms with Crippen LogP contribution in [-0.2, 0) is 10.0 Å². The van der Waals surface area contributed by atoms with Gasteiger partial charge in [0.25, 0.3) is 10.0 Å². The molecule has 0 aliphatic carbocycles. The number of hydrogen-bond donors (Lipinski definition) is 0. The highest BCUT2D eigenvalue weighted by atomic mass is 79.9. The molecular formula is C14H10BrClN2O2S. The SMILES string of the molecule is CN(c1ccccc1C#N)S(=O)(=O)c1ccc(Br)cc1Cl. The third kappa shape index (κ3) is 3.05. The summed E-state index contributed by atoms with van der Waals surface area (Å²) in [6, 6.07) is 13.0. The van der Waals surface area contributed by atoms with E-state index in [0.717, 1.165) is 4.31 Å². The van der Waals surface area contributed by atoms with E-state index >= 15 is 0 Å². The summed E-state index contributed by atoms with van der Waals surface area (Å²) in [4.78, 5) is -0.0115. The highest BCUT2D eigenvalue weighted by Gasteiger charge is 2.25. The Morgan fingerprint density at radius 1 is 1.24 bits per heavy atom. The van der Waals surface area contributed by atoms with Gasteiger partial charge in [-0.25, -0.2) is 8.42 Å². The predicted molar refractivity (Wildman–Crippen MR) is 85.9 cm³/mol. The van der Waals surface area contributed by atoms with Gasteiger partial charge in [-0.05, 0) is 30.3 Å². The molecule has 7 heteroatoms. The first-order valence-corrected chi connectivity index (χ1v) is 8.42. The van der Waals surface area contributed by atoms with Crippen molar-refractivity contribution in [3.05, 3.63) is 57.5 Å². The topological polar surface area (TPSA) is 61.2 Å². The molecule has 0 unspecified atom stereocenters. The van der Waals surface area contributed by atoms with Crippen LogP contribution < -0.4 is 4.31 Å². The molecule has 0 fully saturated rings. The summed E-state index contributed by atoms with van der Waals surface area (Å²) < 4.78 is 27.0. The summed E-state index contributed by atoms with van der Waals surface area (Å²) in [5, 5.41) is 9.21. The number of hydrogen-bond acceptors (Lipinski definition) is 3. The second-order valence-corrected chi connectivity index (χ2v) is 7.44. The summed E-state index contributed by atoms with van der Waals surface area (Å²) >= 11 is 9.25. The van der Waals surface area contributed by atoms with Crippen molar-refractivity contribution in [3.63, 3.8) is 0 Å². The Hall–Kier alpha value is -1.55. The van der Waals surface area contributed by atoms with Crippen LogP contribution in [0.5, 0.6) is 0 Å².